The second-order valence-corrected chi connectivity index (χ2v) is 8.68. The van der Waals surface area contributed by atoms with Gasteiger partial charge in [-0.2, -0.15) is 0 Å². The summed E-state index contributed by atoms with van der Waals surface area (Å²) in [5.41, 5.74) is 5.04. The van der Waals surface area contributed by atoms with Crippen LogP contribution in [0, 0.1) is 6.92 Å². The molecule has 1 unspecified atom stereocenters. The summed E-state index contributed by atoms with van der Waals surface area (Å²) in [6.07, 6.45) is 2.77. The third kappa shape index (κ3) is 4.70. The van der Waals surface area contributed by atoms with E-state index in [-0.39, 0.29) is 11.8 Å². The zero-order valence-corrected chi connectivity index (χ0v) is 19.1. The predicted molar refractivity (Wildman–Crippen MR) is 133 cm³/mol. The van der Waals surface area contributed by atoms with E-state index in [0.717, 1.165) is 23.4 Å². The topological polar surface area (TPSA) is 49.8 Å². The number of anilines is 1. The SMILES string of the molecule is C=C(/C=C1\Oc2ccccc2N1CCC(=O)O)C(C)(Cc1ccccc1)c1ccccc1C. The maximum absolute atomic E-state index is 11.3. The van der Waals surface area contributed by atoms with Gasteiger partial charge in [0.15, 0.2) is 5.75 Å². The van der Waals surface area contributed by atoms with Gasteiger partial charge in [-0.1, -0.05) is 80.2 Å². The highest BCUT2D eigenvalue weighted by Crippen LogP contribution is 2.42. The lowest BCUT2D eigenvalue weighted by Crippen LogP contribution is -2.29. The molecule has 1 aliphatic rings. The molecule has 0 fully saturated rings. The highest BCUT2D eigenvalue weighted by Gasteiger charge is 2.33. The van der Waals surface area contributed by atoms with Crippen molar-refractivity contribution in [2.45, 2.75) is 32.1 Å². The molecule has 4 rings (SSSR count). The van der Waals surface area contributed by atoms with Gasteiger partial charge >= 0.3 is 5.97 Å². The summed E-state index contributed by atoms with van der Waals surface area (Å²) in [6.45, 7) is 9.16. The summed E-state index contributed by atoms with van der Waals surface area (Å²) in [6, 6.07) is 26.5. The van der Waals surface area contributed by atoms with Crippen LogP contribution in [0.5, 0.6) is 5.75 Å². The van der Waals surface area contributed by atoms with Crippen molar-refractivity contribution in [1.82, 2.24) is 0 Å². The molecule has 0 radical (unpaired) electrons. The van der Waals surface area contributed by atoms with E-state index in [1.165, 1.54) is 16.7 Å². The van der Waals surface area contributed by atoms with E-state index in [0.29, 0.717) is 12.4 Å². The minimum atomic E-state index is -0.841. The number of fused-ring (bicyclic) bond motifs is 1. The minimum absolute atomic E-state index is 0.0145. The lowest BCUT2D eigenvalue weighted by molar-refractivity contribution is -0.136. The third-order valence-electron chi connectivity index (χ3n) is 6.33. The van der Waals surface area contributed by atoms with E-state index in [9.17, 15) is 9.90 Å². The van der Waals surface area contributed by atoms with Crippen molar-refractivity contribution >= 4 is 11.7 Å². The van der Waals surface area contributed by atoms with Crippen LogP contribution < -0.4 is 9.64 Å². The van der Waals surface area contributed by atoms with Gasteiger partial charge in [0, 0.05) is 18.0 Å². The van der Waals surface area contributed by atoms with E-state index < -0.39 is 5.97 Å². The molecule has 0 aliphatic carbocycles. The Balaban J connectivity index is 1.74. The lowest BCUT2D eigenvalue weighted by atomic mass is 9.70. The summed E-state index contributed by atoms with van der Waals surface area (Å²) < 4.78 is 6.17. The molecule has 0 aromatic heterocycles. The Hall–Kier alpha value is -3.79. The zero-order valence-electron chi connectivity index (χ0n) is 19.1. The van der Waals surface area contributed by atoms with Gasteiger partial charge in [-0.15, -0.1) is 0 Å². The molecule has 0 saturated carbocycles. The van der Waals surface area contributed by atoms with Crippen LogP contribution in [0.1, 0.15) is 30.0 Å². The number of nitrogens with zero attached hydrogens (tertiary/aromatic N) is 1. The molecule has 4 heteroatoms. The second kappa shape index (κ2) is 9.37. The maximum atomic E-state index is 11.3. The summed E-state index contributed by atoms with van der Waals surface area (Å²) in [4.78, 5) is 13.2. The molecule has 0 amide bonds. The number of aryl methyl sites for hydroxylation is 1. The number of carboxylic acid groups (broad SMARTS) is 1. The van der Waals surface area contributed by atoms with Crippen molar-refractivity contribution in [3.8, 4) is 5.75 Å². The van der Waals surface area contributed by atoms with E-state index in [4.69, 9.17) is 4.74 Å². The van der Waals surface area contributed by atoms with Gasteiger partial charge in [0.2, 0.25) is 5.88 Å². The van der Waals surface area contributed by atoms with Crippen LogP contribution in [0.3, 0.4) is 0 Å². The first-order valence-corrected chi connectivity index (χ1v) is 11.2. The molecule has 1 N–H and O–H groups in total. The Labute approximate surface area is 195 Å². The van der Waals surface area contributed by atoms with Crippen molar-refractivity contribution < 1.29 is 14.6 Å². The molecule has 4 nitrogen and oxygen atoms in total. The van der Waals surface area contributed by atoms with Crippen LogP contribution in [0.4, 0.5) is 5.69 Å². The minimum Gasteiger partial charge on any atom is -0.481 e. The number of para-hydroxylation sites is 2. The summed E-state index contributed by atoms with van der Waals surface area (Å²) >= 11 is 0. The van der Waals surface area contributed by atoms with Gasteiger partial charge in [-0.3, -0.25) is 4.79 Å². The zero-order chi connectivity index (χ0) is 23.4. The van der Waals surface area contributed by atoms with Crippen LogP contribution in [0.25, 0.3) is 0 Å². The molecular formula is C29H29NO3. The summed E-state index contributed by atoms with van der Waals surface area (Å²) in [5.74, 6) is 0.490. The van der Waals surface area contributed by atoms with Crippen molar-refractivity contribution in [1.29, 1.82) is 0 Å². The standard InChI is InChI=1S/C29H29NO3/c1-21-11-7-8-14-24(21)29(3,20-23-12-5-4-6-13-23)22(2)19-27-30(18-17-28(31)32)25-15-9-10-16-26(25)33-27/h4-16,19H,2,17-18,20H2,1,3H3,(H,31,32)/b27-19-. The molecule has 168 valence electrons. The Morgan fingerprint density at radius 2 is 1.70 bits per heavy atom. The van der Waals surface area contributed by atoms with Crippen molar-refractivity contribution in [3.05, 3.63) is 120 Å². The maximum Gasteiger partial charge on any atom is 0.305 e. The number of ether oxygens (including phenoxy) is 1. The fourth-order valence-corrected chi connectivity index (χ4v) is 4.48. The van der Waals surface area contributed by atoms with E-state index in [2.05, 4.69) is 62.9 Å². The Bertz CT molecular complexity index is 1200. The number of allylic oxidation sites excluding steroid dienone is 2. The molecule has 1 aliphatic heterocycles. The van der Waals surface area contributed by atoms with Gasteiger partial charge in [-0.05, 0) is 47.7 Å². The van der Waals surface area contributed by atoms with E-state index in [1.54, 1.807) is 0 Å². The van der Waals surface area contributed by atoms with Crippen LogP contribution in [-0.4, -0.2) is 17.6 Å². The van der Waals surface area contributed by atoms with Crippen molar-refractivity contribution in [2.75, 3.05) is 11.4 Å². The largest absolute Gasteiger partial charge is 0.481 e. The van der Waals surface area contributed by atoms with Gasteiger partial charge in [0.05, 0.1) is 12.1 Å². The van der Waals surface area contributed by atoms with Crippen LogP contribution in [0.2, 0.25) is 0 Å². The second-order valence-electron chi connectivity index (χ2n) is 8.68. The van der Waals surface area contributed by atoms with Crippen LogP contribution in [0.15, 0.2) is 103 Å². The number of hydrogen-bond acceptors (Lipinski definition) is 3. The molecule has 0 bridgehead atoms. The molecule has 1 heterocycles. The van der Waals surface area contributed by atoms with Crippen molar-refractivity contribution in [2.24, 2.45) is 0 Å². The molecule has 3 aromatic carbocycles. The van der Waals surface area contributed by atoms with E-state index in [1.807, 2.05) is 47.4 Å². The number of carboxylic acids is 1. The highest BCUT2D eigenvalue weighted by atomic mass is 16.5. The van der Waals surface area contributed by atoms with Gasteiger partial charge in [0.25, 0.3) is 0 Å². The Morgan fingerprint density at radius 3 is 2.42 bits per heavy atom. The predicted octanol–water partition coefficient (Wildman–Crippen LogP) is 6.27. The molecule has 33 heavy (non-hydrogen) atoms. The number of rotatable bonds is 8. The molecule has 1 atom stereocenters. The van der Waals surface area contributed by atoms with Crippen LogP contribution >= 0.6 is 0 Å². The first kappa shape index (κ1) is 22.4. The third-order valence-corrected chi connectivity index (χ3v) is 6.33. The van der Waals surface area contributed by atoms with E-state index >= 15 is 0 Å². The first-order valence-electron chi connectivity index (χ1n) is 11.2. The highest BCUT2D eigenvalue weighted by molar-refractivity contribution is 5.71. The smallest absolute Gasteiger partial charge is 0.305 e. The summed E-state index contributed by atoms with van der Waals surface area (Å²) in [7, 11) is 0. The van der Waals surface area contributed by atoms with Gasteiger partial charge in [0.1, 0.15) is 0 Å². The average molecular weight is 440 g/mol. The van der Waals surface area contributed by atoms with Gasteiger partial charge in [-0.25, -0.2) is 0 Å². The lowest BCUT2D eigenvalue weighted by Gasteiger charge is -2.33. The number of hydrogen-bond donors (Lipinski definition) is 1. The number of benzene rings is 3. The Morgan fingerprint density at radius 1 is 1.03 bits per heavy atom. The first-order chi connectivity index (χ1) is 15.9. The monoisotopic (exact) mass is 439 g/mol. The summed E-state index contributed by atoms with van der Waals surface area (Å²) in [5, 5.41) is 9.26. The number of carbonyl (C=O) groups is 1. The molecular weight excluding hydrogens is 410 g/mol. The van der Waals surface area contributed by atoms with Crippen molar-refractivity contribution in [3.63, 3.8) is 0 Å². The molecule has 0 saturated heterocycles. The number of aliphatic carboxylic acids is 1. The normalized spacial score (nSPS) is 15.6. The molecule has 3 aromatic rings. The van der Waals surface area contributed by atoms with Crippen LogP contribution in [-0.2, 0) is 16.6 Å². The molecule has 0 spiro atoms. The fourth-order valence-electron chi connectivity index (χ4n) is 4.48. The van der Waals surface area contributed by atoms with Gasteiger partial charge < -0.3 is 14.7 Å². The fraction of sp³-hybridized carbons (Fsp3) is 0.207. The average Bonchev–Trinajstić information content (AvgIpc) is 3.15. The Kier molecular flexibility index (Phi) is 6.36. The quantitative estimate of drug-likeness (QED) is 0.450.